The SMILES string of the molecule is CC(C)CC(C)(C)OC(C)(C)CC(C)(C)OC(C)CC(C)(C)N. The van der Waals surface area contributed by atoms with Crippen LogP contribution in [0.15, 0.2) is 0 Å². The average Bonchev–Trinajstić information content (AvgIpc) is 2.03. The van der Waals surface area contributed by atoms with Crippen molar-refractivity contribution >= 4 is 0 Å². The van der Waals surface area contributed by atoms with E-state index in [1.165, 1.54) is 0 Å². The Morgan fingerprint density at radius 3 is 1.61 bits per heavy atom. The smallest absolute Gasteiger partial charge is 0.0661 e. The van der Waals surface area contributed by atoms with Crippen LogP contribution in [-0.4, -0.2) is 28.4 Å². The summed E-state index contributed by atoms with van der Waals surface area (Å²) in [4.78, 5) is 0. The second-order valence-corrected chi connectivity index (χ2v) is 10.3. The second kappa shape index (κ2) is 7.84. The van der Waals surface area contributed by atoms with Crippen molar-refractivity contribution in [2.45, 2.75) is 124 Å². The highest BCUT2D eigenvalue weighted by molar-refractivity contribution is 4.86. The highest BCUT2D eigenvalue weighted by atomic mass is 16.5. The molecular weight excluding hydrogens is 286 g/mol. The first-order valence-corrected chi connectivity index (χ1v) is 9.10. The van der Waals surface area contributed by atoms with Gasteiger partial charge in [-0.15, -0.1) is 0 Å². The fourth-order valence-electron chi connectivity index (χ4n) is 4.20. The molecule has 140 valence electrons. The summed E-state index contributed by atoms with van der Waals surface area (Å²) in [5.41, 5.74) is 5.29. The van der Waals surface area contributed by atoms with Crippen LogP contribution in [0.2, 0.25) is 0 Å². The molecule has 0 rings (SSSR count). The van der Waals surface area contributed by atoms with Crippen LogP contribution in [0.4, 0.5) is 0 Å². The van der Waals surface area contributed by atoms with Crippen molar-refractivity contribution < 1.29 is 9.47 Å². The van der Waals surface area contributed by atoms with E-state index >= 15 is 0 Å². The van der Waals surface area contributed by atoms with Crippen molar-refractivity contribution in [1.29, 1.82) is 0 Å². The van der Waals surface area contributed by atoms with E-state index in [2.05, 4.69) is 62.3 Å². The second-order valence-electron chi connectivity index (χ2n) is 10.3. The van der Waals surface area contributed by atoms with Crippen molar-refractivity contribution in [3.63, 3.8) is 0 Å². The Hall–Kier alpha value is -0.120. The van der Waals surface area contributed by atoms with Gasteiger partial charge in [-0.25, -0.2) is 0 Å². The standard InChI is InChI=1S/C20H43NO2/c1-15(2)12-18(6,7)23-20(10,11)14-19(8,9)22-16(3)13-17(4,5)21/h15-16H,12-14,21H2,1-11H3. The molecule has 0 aromatic heterocycles. The van der Waals surface area contributed by atoms with E-state index in [4.69, 9.17) is 15.2 Å². The lowest BCUT2D eigenvalue weighted by Gasteiger charge is -2.42. The molecule has 0 aliphatic rings. The zero-order valence-corrected chi connectivity index (χ0v) is 17.7. The van der Waals surface area contributed by atoms with Gasteiger partial charge in [-0.2, -0.15) is 0 Å². The fraction of sp³-hybridized carbons (Fsp3) is 1.00. The van der Waals surface area contributed by atoms with Crippen molar-refractivity contribution in [2.24, 2.45) is 11.7 Å². The third-order valence-electron chi connectivity index (χ3n) is 3.64. The molecule has 0 spiro atoms. The summed E-state index contributed by atoms with van der Waals surface area (Å²) in [7, 11) is 0. The normalized spacial score (nSPS) is 16.0. The predicted octanol–water partition coefficient (Wildman–Crippen LogP) is 5.31. The fourth-order valence-corrected chi connectivity index (χ4v) is 4.20. The van der Waals surface area contributed by atoms with Crippen molar-refractivity contribution in [3.8, 4) is 0 Å². The van der Waals surface area contributed by atoms with Gasteiger partial charge in [0.2, 0.25) is 0 Å². The third-order valence-corrected chi connectivity index (χ3v) is 3.64. The Bertz CT molecular complexity index is 351. The van der Waals surface area contributed by atoms with Crippen molar-refractivity contribution in [3.05, 3.63) is 0 Å². The molecule has 0 saturated carbocycles. The molecule has 3 nitrogen and oxygen atoms in total. The molecule has 0 aromatic rings. The van der Waals surface area contributed by atoms with Crippen LogP contribution in [0.25, 0.3) is 0 Å². The van der Waals surface area contributed by atoms with E-state index in [0.29, 0.717) is 5.92 Å². The van der Waals surface area contributed by atoms with Crippen LogP contribution in [0, 0.1) is 5.92 Å². The maximum atomic E-state index is 6.45. The molecule has 0 heterocycles. The lowest BCUT2D eigenvalue weighted by Crippen LogP contribution is -2.45. The van der Waals surface area contributed by atoms with E-state index in [1.54, 1.807) is 0 Å². The minimum atomic E-state index is -0.248. The highest BCUT2D eigenvalue weighted by Gasteiger charge is 2.36. The van der Waals surface area contributed by atoms with Crippen LogP contribution in [-0.2, 0) is 9.47 Å². The number of hydrogen-bond acceptors (Lipinski definition) is 3. The Balaban J connectivity index is 4.73. The zero-order valence-electron chi connectivity index (χ0n) is 17.7. The van der Waals surface area contributed by atoms with E-state index in [1.807, 2.05) is 13.8 Å². The van der Waals surface area contributed by atoms with Crippen LogP contribution < -0.4 is 5.73 Å². The molecule has 1 atom stereocenters. The van der Waals surface area contributed by atoms with Gasteiger partial charge >= 0.3 is 0 Å². The van der Waals surface area contributed by atoms with Gasteiger partial charge in [0.1, 0.15) is 0 Å². The van der Waals surface area contributed by atoms with E-state index in [0.717, 1.165) is 19.3 Å². The summed E-state index contributed by atoms with van der Waals surface area (Å²) in [6, 6.07) is 0. The molecule has 2 N–H and O–H groups in total. The number of nitrogens with two attached hydrogens (primary N) is 1. The monoisotopic (exact) mass is 329 g/mol. The minimum absolute atomic E-state index is 0.126. The summed E-state index contributed by atoms with van der Waals surface area (Å²) in [6.45, 7) is 23.7. The number of ether oxygens (including phenoxy) is 2. The first kappa shape index (κ1) is 22.9. The Morgan fingerprint density at radius 1 is 0.739 bits per heavy atom. The third kappa shape index (κ3) is 12.0. The number of rotatable bonds is 10. The topological polar surface area (TPSA) is 44.5 Å². The van der Waals surface area contributed by atoms with Crippen LogP contribution in [0.3, 0.4) is 0 Å². The molecule has 0 saturated heterocycles. The lowest BCUT2D eigenvalue weighted by molar-refractivity contribution is -0.172. The molecule has 0 aliphatic heterocycles. The molecule has 0 radical (unpaired) electrons. The molecule has 0 aliphatic carbocycles. The molecule has 0 fully saturated rings. The maximum Gasteiger partial charge on any atom is 0.0661 e. The molecule has 0 aromatic carbocycles. The van der Waals surface area contributed by atoms with Crippen molar-refractivity contribution in [2.75, 3.05) is 0 Å². The van der Waals surface area contributed by atoms with Crippen molar-refractivity contribution in [1.82, 2.24) is 0 Å². The van der Waals surface area contributed by atoms with Crippen LogP contribution in [0.1, 0.15) is 95.4 Å². The first-order valence-electron chi connectivity index (χ1n) is 9.10. The summed E-state index contributed by atoms with van der Waals surface area (Å²) in [5, 5.41) is 0. The molecule has 1 unspecified atom stereocenters. The van der Waals surface area contributed by atoms with Crippen LogP contribution in [0.5, 0.6) is 0 Å². The van der Waals surface area contributed by atoms with Gasteiger partial charge in [0.05, 0.1) is 22.9 Å². The van der Waals surface area contributed by atoms with Gasteiger partial charge in [-0.1, -0.05) is 13.8 Å². The molecule has 0 amide bonds. The van der Waals surface area contributed by atoms with E-state index in [-0.39, 0.29) is 28.4 Å². The largest absolute Gasteiger partial charge is 0.372 e. The van der Waals surface area contributed by atoms with Gasteiger partial charge in [-0.3, -0.25) is 0 Å². The quantitative estimate of drug-likeness (QED) is 0.591. The van der Waals surface area contributed by atoms with E-state index < -0.39 is 0 Å². The summed E-state index contributed by atoms with van der Waals surface area (Å²) in [6.07, 6.45) is 2.87. The van der Waals surface area contributed by atoms with Gasteiger partial charge < -0.3 is 15.2 Å². The zero-order chi connectivity index (χ0) is 18.7. The van der Waals surface area contributed by atoms with Crippen LogP contribution >= 0.6 is 0 Å². The maximum absolute atomic E-state index is 6.45. The predicted molar refractivity (Wildman–Crippen MR) is 101 cm³/mol. The summed E-state index contributed by atoms with van der Waals surface area (Å²) < 4.78 is 12.7. The van der Waals surface area contributed by atoms with Gasteiger partial charge in [0.25, 0.3) is 0 Å². The number of hydrogen-bond donors (Lipinski definition) is 1. The van der Waals surface area contributed by atoms with Gasteiger partial charge in [0, 0.05) is 12.0 Å². The summed E-state index contributed by atoms with van der Waals surface area (Å²) in [5.74, 6) is 0.622. The Labute approximate surface area is 145 Å². The molecule has 23 heavy (non-hydrogen) atoms. The molecule has 0 bridgehead atoms. The average molecular weight is 330 g/mol. The lowest BCUT2D eigenvalue weighted by atomic mass is 9.89. The molecule has 3 heteroatoms. The first-order chi connectivity index (χ1) is 9.93. The Morgan fingerprint density at radius 2 is 1.22 bits per heavy atom. The summed E-state index contributed by atoms with van der Waals surface area (Å²) >= 11 is 0. The highest BCUT2D eigenvalue weighted by Crippen LogP contribution is 2.34. The molecular formula is C20H43NO2. The Kier molecular flexibility index (Phi) is 7.80. The van der Waals surface area contributed by atoms with Gasteiger partial charge in [-0.05, 0) is 81.1 Å². The van der Waals surface area contributed by atoms with Gasteiger partial charge in [0.15, 0.2) is 0 Å². The minimum Gasteiger partial charge on any atom is -0.372 e. The van der Waals surface area contributed by atoms with E-state index in [9.17, 15) is 0 Å².